The van der Waals surface area contributed by atoms with Crippen LogP contribution in [0.1, 0.15) is 56.2 Å². The molecule has 2 N–H and O–H groups in total. The second kappa shape index (κ2) is 6.77. The van der Waals surface area contributed by atoms with Crippen LogP contribution in [0.4, 0.5) is 0 Å². The molecule has 3 rings (SSSR count). The second-order valence-corrected chi connectivity index (χ2v) is 6.42. The van der Waals surface area contributed by atoms with Gasteiger partial charge in [0.15, 0.2) is 0 Å². The van der Waals surface area contributed by atoms with Gasteiger partial charge < -0.3 is 13.9 Å². The van der Waals surface area contributed by atoms with Crippen LogP contribution in [0.25, 0.3) is 0 Å². The first-order valence-corrected chi connectivity index (χ1v) is 8.34. The van der Waals surface area contributed by atoms with Crippen LogP contribution in [0.3, 0.4) is 0 Å². The Hall–Kier alpha value is -1.78. The summed E-state index contributed by atoms with van der Waals surface area (Å²) >= 11 is 0. The Morgan fingerprint density at radius 2 is 2.00 bits per heavy atom. The summed E-state index contributed by atoms with van der Waals surface area (Å²) in [7, 11) is 0. The van der Waals surface area contributed by atoms with Crippen molar-refractivity contribution in [2.24, 2.45) is 5.92 Å². The van der Waals surface area contributed by atoms with Crippen molar-refractivity contribution in [1.82, 2.24) is 5.32 Å². The van der Waals surface area contributed by atoms with Crippen molar-refractivity contribution in [2.75, 3.05) is 0 Å². The molecule has 3 heterocycles. The molecular weight excluding hydrogens is 290 g/mol. The molecule has 23 heavy (non-hydrogen) atoms. The van der Waals surface area contributed by atoms with E-state index in [1.54, 1.807) is 12.5 Å². The van der Waals surface area contributed by atoms with Crippen molar-refractivity contribution in [1.29, 1.82) is 0 Å². The van der Waals surface area contributed by atoms with Gasteiger partial charge in [-0.15, -0.1) is 6.58 Å². The summed E-state index contributed by atoms with van der Waals surface area (Å²) in [5.74, 6) is 1.78. The van der Waals surface area contributed by atoms with Gasteiger partial charge in [-0.1, -0.05) is 19.4 Å². The summed E-state index contributed by atoms with van der Waals surface area (Å²) in [6.45, 7) is 5.99. The number of piperidine rings is 1. The third kappa shape index (κ3) is 3.14. The molecule has 4 atom stereocenters. The molecule has 0 aliphatic carbocycles. The van der Waals surface area contributed by atoms with Gasteiger partial charge in [0.05, 0.1) is 30.2 Å². The lowest BCUT2D eigenvalue weighted by molar-refractivity contribution is -0.0815. The summed E-state index contributed by atoms with van der Waals surface area (Å²) in [4.78, 5) is 0. The number of hydrogen-bond donors (Lipinski definition) is 2. The number of aliphatic hydroxyl groups is 1. The fourth-order valence-corrected chi connectivity index (χ4v) is 3.86. The molecule has 0 aromatic carbocycles. The van der Waals surface area contributed by atoms with E-state index in [1.165, 1.54) is 0 Å². The van der Waals surface area contributed by atoms with Crippen molar-refractivity contribution >= 4 is 0 Å². The van der Waals surface area contributed by atoms with Gasteiger partial charge >= 0.3 is 0 Å². The Bertz CT molecular complexity index is 605. The zero-order valence-corrected chi connectivity index (χ0v) is 13.6. The molecule has 0 spiro atoms. The van der Waals surface area contributed by atoms with E-state index < -0.39 is 5.60 Å². The zero-order chi connectivity index (χ0) is 16.3. The van der Waals surface area contributed by atoms with Gasteiger partial charge in [0.1, 0.15) is 11.5 Å². The molecule has 4 heteroatoms. The third-order valence-corrected chi connectivity index (χ3v) is 4.86. The predicted octanol–water partition coefficient (Wildman–Crippen LogP) is 4.37. The average Bonchev–Trinajstić information content (AvgIpc) is 3.22. The molecule has 1 aliphatic rings. The van der Waals surface area contributed by atoms with Crippen molar-refractivity contribution in [3.63, 3.8) is 0 Å². The van der Waals surface area contributed by atoms with Crippen molar-refractivity contribution in [2.45, 2.75) is 50.3 Å². The smallest absolute Gasteiger partial charge is 0.121 e. The maximum absolute atomic E-state index is 11.4. The van der Waals surface area contributed by atoms with Crippen LogP contribution in [0.15, 0.2) is 58.3 Å². The van der Waals surface area contributed by atoms with E-state index in [2.05, 4.69) is 18.8 Å². The number of nitrogens with one attached hydrogen (secondary N) is 1. The summed E-state index contributed by atoms with van der Waals surface area (Å²) in [6, 6.07) is 7.61. The first kappa shape index (κ1) is 16.1. The van der Waals surface area contributed by atoms with Crippen molar-refractivity contribution in [3.05, 3.63) is 61.0 Å². The van der Waals surface area contributed by atoms with Gasteiger partial charge in [0.25, 0.3) is 0 Å². The molecule has 1 aliphatic heterocycles. The van der Waals surface area contributed by atoms with Crippen LogP contribution in [0, 0.1) is 5.92 Å². The zero-order valence-electron chi connectivity index (χ0n) is 13.6. The Kier molecular flexibility index (Phi) is 4.74. The number of rotatable bonds is 6. The van der Waals surface area contributed by atoms with E-state index in [0.29, 0.717) is 12.8 Å². The monoisotopic (exact) mass is 315 g/mol. The summed E-state index contributed by atoms with van der Waals surface area (Å²) < 4.78 is 11.2. The van der Waals surface area contributed by atoms with Crippen LogP contribution < -0.4 is 5.32 Å². The Morgan fingerprint density at radius 1 is 1.30 bits per heavy atom. The van der Waals surface area contributed by atoms with E-state index in [0.717, 1.165) is 24.4 Å². The molecule has 0 radical (unpaired) electrons. The van der Waals surface area contributed by atoms with Crippen LogP contribution in [-0.4, -0.2) is 10.7 Å². The highest BCUT2D eigenvalue weighted by Crippen LogP contribution is 2.47. The molecule has 1 fully saturated rings. The standard InChI is InChI=1S/C19H25NO3/c1-3-7-14-18(17-9-6-12-23-17)20-15(16-8-5-11-22-16)13-19(14,21)10-4-2/h4-6,8-9,11-12,14-15,18,20-21H,2-3,7,10,13H2,1H3/t14-,15-,18-,19-/m0/s1. The maximum atomic E-state index is 11.4. The van der Waals surface area contributed by atoms with E-state index >= 15 is 0 Å². The van der Waals surface area contributed by atoms with Gasteiger partial charge in [-0.3, -0.25) is 5.32 Å². The Labute approximate surface area is 137 Å². The highest BCUT2D eigenvalue weighted by atomic mass is 16.3. The minimum absolute atomic E-state index is 0.0428. The Balaban J connectivity index is 1.97. The highest BCUT2D eigenvalue weighted by molar-refractivity contribution is 5.17. The van der Waals surface area contributed by atoms with Crippen molar-refractivity contribution in [3.8, 4) is 0 Å². The average molecular weight is 315 g/mol. The first-order chi connectivity index (χ1) is 11.2. The van der Waals surface area contributed by atoms with Gasteiger partial charge in [0.2, 0.25) is 0 Å². The molecule has 0 unspecified atom stereocenters. The van der Waals surface area contributed by atoms with E-state index in [9.17, 15) is 5.11 Å². The number of furan rings is 2. The predicted molar refractivity (Wildman–Crippen MR) is 88.8 cm³/mol. The normalized spacial score (nSPS) is 31.1. The fraction of sp³-hybridized carbons (Fsp3) is 0.474. The summed E-state index contributed by atoms with van der Waals surface area (Å²) in [5.41, 5.74) is -0.822. The molecule has 2 aromatic rings. The minimum Gasteiger partial charge on any atom is -0.468 e. The van der Waals surface area contributed by atoms with Gasteiger partial charge in [-0.25, -0.2) is 0 Å². The minimum atomic E-state index is -0.822. The second-order valence-electron chi connectivity index (χ2n) is 6.42. The highest BCUT2D eigenvalue weighted by Gasteiger charge is 2.48. The molecule has 4 nitrogen and oxygen atoms in total. The van der Waals surface area contributed by atoms with Gasteiger partial charge in [0, 0.05) is 5.92 Å². The molecule has 124 valence electrons. The van der Waals surface area contributed by atoms with E-state index in [1.807, 2.05) is 30.3 Å². The van der Waals surface area contributed by atoms with Crippen molar-refractivity contribution < 1.29 is 13.9 Å². The largest absolute Gasteiger partial charge is 0.468 e. The Morgan fingerprint density at radius 3 is 2.57 bits per heavy atom. The fourth-order valence-electron chi connectivity index (χ4n) is 3.86. The van der Waals surface area contributed by atoms with Crippen LogP contribution in [0.5, 0.6) is 0 Å². The van der Waals surface area contributed by atoms with Crippen LogP contribution in [-0.2, 0) is 0 Å². The lowest BCUT2D eigenvalue weighted by Crippen LogP contribution is -2.52. The molecular formula is C19H25NO3. The quantitative estimate of drug-likeness (QED) is 0.777. The topological polar surface area (TPSA) is 58.5 Å². The SMILES string of the molecule is C=CC[C@]1(O)C[C@@H](c2ccco2)N[C@H](c2ccco2)[C@@H]1CCC. The van der Waals surface area contributed by atoms with E-state index in [-0.39, 0.29) is 18.0 Å². The van der Waals surface area contributed by atoms with Crippen LogP contribution >= 0.6 is 0 Å². The molecule has 0 bridgehead atoms. The van der Waals surface area contributed by atoms with E-state index in [4.69, 9.17) is 8.83 Å². The van der Waals surface area contributed by atoms with Gasteiger partial charge in [-0.2, -0.15) is 0 Å². The summed E-state index contributed by atoms with van der Waals surface area (Å²) in [6.07, 6.45) is 8.27. The molecule has 0 saturated carbocycles. The van der Waals surface area contributed by atoms with Crippen LogP contribution in [0.2, 0.25) is 0 Å². The van der Waals surface area contributed by atoms with Gasteiger partial charge in [-0.05, 0) is 43.5 Å². The lowest BCUT2D eigenvalue weighted by atomic mass is 9.69. The molecule has 1 saturated heterocycles. The maximum Gasteiger partial charge on any atom is 0.121 e. The molecule has 2 aromatic heterocycles. The number of hydrogen-bond acceptors (Lipinski definition) is 4. The summed E-state index contributed by atoms with van der Waals surface area (Å²) in [5, 5.41) is 15.0. The lowest BCUT2D eigenvalue weighted by Gasteiger charge is -2.47. The first-order valence-electron chi connectivity index (χ1n) is 8.34. The molecule has 0 amide bonds. The third-order valence-electron chi connectivity index (χ3n) is 4.86.